The van der Waals surface area contributed by atoms with Gasteiger partial charge in [0, 0.05) is 12.6 Å². The summed E-state index contributed by atoms with van der Waals surface area (Å²) < 4.78 is 0. The van der Waals surface area contributed by atoms with Gasteiger partial charge in [0.1, 0.15) is 6.42 Å². The Kier molecular flexibility index (Phi) is 6.64. The lowest BCUT2D eigenvalue weighted by molar-refractivity contribution is -0.129. The van der Waals surface area contributed by atoms with Crippen LogP contribution < -0.4 is 10.6 Å². The van der Waals surface area contributed by atoms with E-state index in [0.717, 1.165) is 12.8 Å². The molecule has 0 saturated heterocycles. The molecular formula is C15H22N2O2. The monoisotopic (exact) mass is 262 g/mol. The second kappa shape index (κ2) is 8.29. The van der Waals surface area contributed by atoms with Crippen molar-refractivity contribution in [1.29, 1.82) is 0 Å². The summed E-state index contributed by atoms with van der Waals surface area (Å²) in [5.41, 5.74) is 1.26. The molecule has 2 N–H and O–H groups in total. The van der Waals surface area contributed by atoms with Crippen molar-refractivity contribution in [2.24, 2.45) is 0 Å². The van der Waals surface area contributed by atoms with Crippen LogP contribution in [0, 0.1) is 0 Å². The fraction of sp³-hybridized carbons (Fsp3) is 0.467. The van der Waals surface area contributed by atoms with Crippen molar-refractivity contribution < 1.29 is 9.59 Å². The van der Waals surface area contributed by atoms with Gasteiger partial charge in [-0.05, 0) is 32.3 Å². The van der Waals surface area contributed by atoms with Crippen LogP contribution in [0.4, 0.5) is 0 Å². The first-order valence-corrected chi connectivity index (χ1v) is 6.68. The minimum atomic E-state index is -0.226. The molecule has 19 heavy (non-hydrogen) atoms. The molecule has 2 amide bonds. The number of carbonyl (C=O) groups excluding carboxylic acids is 2. The number of hydrogen-bond acceptors (Lipinski definition) is 2. The molecule has 0 bridgehead atoms. The maximum Gasteiger partial charge on any atom is 0.229 e. The molecule has 4 nitrogen and oxygen atoms in total. The zero-order valence-corrected chi connectivity index (χ0v) is 11.6. The first kappa shape index (κ1) is 15.2. The quantitative estimate of drug-likeness (QED) is 0.580. The molecule has 0 unspecified atom stereocenters. The van der Waals surface area contributed by atoms with Gasteiger partial charge in [0.15, 0.2) is 0 Å². The second-order valence-electron chi connectivity index (χ2n) is 4.84. The van der Waals surface area contributed by atoms with Gasteiger partial charge in [0.2, 0.25) is 11.8 Å². The Bertz CT molecular complexity index is 402. The highest BCUT2D eigenvalue weighted by molar-refractivity contribution is 5.96. The van der Waals surface area contributed by atoms with Crippen molar-refractivity contribution in [2.45, 2.75) is 39.2 Å². The summed E-state index contributed by atoms with van der Waals surface area (Å²) in [6.45, 7) is 4.34. The first-order chi connectivity index (χ1) is 9.08. The normalized spacial score (nSPS) is 10.3. The molecule has 0 aliphatic rings. The number of hydrogen-bond donors (Lipinski definition) is 2. The minimum Gasteiger partial charge on any atom is -0.356 e. The minimum absolute atomic E-state index is 0.0679. The van der Waals surface area contributed by atoms with Crippen LogP contribution in [0.2, 0.25) is 0 Å². The third kappa shape index (κ3) is 7.24. The summed E-state index contributed by atoms with van der Waals surface area (Å²) in [6.07, 6.45) is 1.71. The number of amides is 2. The number of carbonyl (C=O) groups is 2. The van der Waals surface area contributed by atoms with Crippen molar-refractivity contribution in [3.8, 4) is 0 Å². The molecule has 0 atom stereocenters. The van der Waals surface area contributed by atoms with E-state index in [0.29, 0.717) is 6.54 Å². The largest absolute Gasteiger partial charge is 0.356 e. The van der Waals surface area contributed by atoms with Gasteiger partial charge in [-0.25, -0.2) is 0 Å². The van der Waals surface area contributed by atoms with Crippen LogP contribution in [0.1, 0.15) is 32.3 Å². The summed E-state index contributed by atoms with van der Waals surface area (Å²) in [5, 5.41) is 5.45. The van der Waals surface area contributed by atoms with E-state index in [1.54, 1.807) is 0 Å². The Hall–Kier alpha value is -1.84. The van der Waals surface area contributed by atoms with Gasteiger partial charge < -0.3 is 10.6 Å². The van der Waals surface area contributed by atoms with Crippen LogP contribution in [-0.2, 0) is 16.0 Å². The lowest BCUT2D eigenvalue weighted by Gasteiger charge is -2.08. The standard InChI is InChI=1S/C15H22N2O2/c1-12(2)17-15(19)11-14(18)16-10-6-9-13-7-4-3-5-8-13/h3-5,7-8,12H,6,9-11H2,1-2H3,(H,16,18)(H,17,19). The highest BCUT2D eigenvalue weighted by Gasteiger charge is 2.09. The highest BCUT2D eigenvalue weighted by atomic mass is 16.2. The van der Waals surface area contributed by atoms with Gasteiger partial charge in [-0.15, -0.1) is 0 Å². The molecule has 104 valence electrons. The zero-order valence-electron chi connectivity index (χ0n) is 11.6. The second-order valence-corrected chi connectivity index (χ2v) is 4.84. The Morgan fingerprint density at radius 3 is 2.42 bits per heavy atom. The Morgan fingerprint density at radius 1 is 1.11 bits per heavy atom. The molecule has 0 fully saturated rings. The van der Waals surface area contributed by atoms with Crippen LogP contribution in [-0.4, -0.2) is 24.4 Å². The fourth-order valence-corrected chi connectivity index (χ4v) is 1.75. The molecule has 1 aromatic rings. The van der Waals surface area contributed by atoms with Crippen molar-refractivity contribution >= 4 is 11.8 Å². The highest BCUT2D eigenvalue weighted by Crippen LogP contribution is 2.01. The van der Waals surface area contributed by atoms with Gasteiger partial charge >= 0.3 is 0 Å². The zero-order chi connectivity index (χ0) is 14.1. The maximum atomic E-state index is 11.5. The van der Waals surface area contributed by atoms with E-state index >= 15 is 0 Å². The van der Waals surface area contributed by atoms with Crippen molar-refractivity contribution in [3.05, 3.63) is 35.9 Å². The molecular weight excluding hydrogens is 240 g/mol. The van der Waals surface area contributed by atoms with Gasteiger partial charge in [-0.1, -0.05) is 30.3 Å². The molecule has 0 heterocycles. The Balaban J connectivity index is 2.12. The average Bonchev–Trinajstić information content (AvgIpc) is 2.35. The van der Waals surface area contributed by atoms with E-state index in [2.05, 4.69) is 22.8 Å². The predicted molar refractivity (Wildman–Crippen MR) is 75.7 cm³/mol. The van der Waals surface area contributed by atoms with Crippen LogP contribution in [0.5, 0.6) is 0 Å². The SMILES string of the molecule is CC(C)NC(=O)CC(=O)NCCCc1ccccc1. The topological polar surface area (TPSA) is 58.2 Å². The van der Waals surface area contributed by atoms with Gasteiger partial charge in [-0.2, -0.15) is 0 Å². The van der Waals surface area contributed by atoms with Gasteiger partial charge in [-0.3, -0.25) is 9.59 Å². The van der Waals surface area contributed by atoms with Gasteiger partial charge in [0.05, 0.1) is 0 Å². The maximum absolute atomic E-state index is 11.5. The molecule has 0 spiro atoms. The summed E-state index contributed by atoms with van der Waals surface area (Å²) in [7, 11) is 0. The van der Waals surface area contributed by atoms with Crippen LogP contribution >= 0.6 is 0 Å². The first-order valence-electron chi connectivity index (χ1n) is 6.68. The van der Waals surface area contributed by atoms with E-state index < -0.39 is 0 Å². The van der Waals surface area contributed by atoms with E-state index in [1.807, 2.05) is 32.0 Å². The summed E-state index contributed by atoms with van der Waals surface area (Å²) >= 11 is 0. The summed E-state index contributed by atoms with van der Waals surface area (Å²) in [4.78, 5) is 22.8. The molecule has 0 radical (unpaired) electrons. The lowest BCUT2D eigenvalue weighted by Crippen LogP contribution is -2.35. The number of nitrogens with one attached hydrogen (secondary N) is 2. The summed E-state index contributed by atoms with van der Waals surface area (Å²) in [5.74, 6) is -0.443. The van der Waals surface area contributed by atoms with Crippen LogP contribution in [0.25, 0.3) is 0 Å². The molecule has 0 aromatic heterocycles. The van der Waals surface area contributed by atoms with E-state index in [9.17, 15) is 9.59 Å². The lowest BCUT2D eigenvalue weighted by atomic mass is 10.1. The third-order valence-electron chi connectivity index (χ3n) is 2.58. The molecule has 4 heteroatoms. The number of benzene rings is 1. The predicted octanol–water partition coefficient (Wildman–Crippen LogP) is 1.65. The van der Waals surface area contributed by atoms with Crippen LogP contribution in [0.15, 0.2) is 30.3 Å². The van der Waals surface area contributed by atoms with E-state index in [4.69, 9.17) is 0 Å². The smallest absolute Gasteiger partial charge is 0.229 e. The summed E-state index contributed by atoms with van der Waals surface area (Å²) in [6, 6.07) is 10.2. The van der Waals surface area contributed by atoms with Crippen molar-refractivity contribution in [2.75, 3.05) is 6.54 Å². The van der Waals surface area contributed by atoms with Crippen LogP contribution in [0.3, 0.4) is 0 Å². The van der Waals surface area contributed by atoms with E-state index in [1.165, 1.54) is 5.56 Å². The molecule has 1 rings (SSSR count). The average molecular weight is 262 g/mol. The molecule has 0 aliphatic heterocycles. The molecule has 0 aliphatic carbocycles. The van der Waals surface area contributed by atoms with Crippen molar-refractivity contribution in [3.63, 3.8) is 0 Å². The fourth-order valence-electron chi connectivity index (χ4n) is 1.75. The molecule has 0 saturated carbocycles. The molecule has 1 aromatic carbocycles. The van der Waals surface area contributed by atoms with E-state index in [-0.39, 0.29) is 24.3 Å². The number of rotatable bonds is 7. The Morgan fingerprint density at radius 2 is 1.79 bits per heavy atom. The van der Waals surface area contributed by atoms with Crippen molar-refractivity contribution in [1.82, 2.24) is 10.6 Å². The Labute approximate surface area is 114 Å². The third-order valence-corrected chi connectivity index (χ3v) is 2.58. The number of aryl methyl sites for hydroxylation is 1. The van der Waals surface area contributed by atoms with Gasteiger partial charge in [0.25, 0.3) is 0 Å².